The van der Waals surface area contributed by atoms with E-state index in [1.54, 1.807) is 0 Å². The molecule has 1 heterocycles. The fourth-order valence-corrected chi connectivity index (χ4v) is 3.80. The van der Waals surface area contributed by atoms with Crippen LogP contribution < -0.4 is 11.1 Å². The minimum absolute atomic E-state index is 0.505. The second kappa shape index (κ2) is 5.17. The third-order valence-electron chi connectivity index (χ3n) is 4.84. The third kappa shape index (κ3) is 3.45. The highest BCUT2D eigenvalue weighted by molar-refractivity contribution is 5.62. The van der Waals surface area contributed by atoms with Gasteiger partial charge in [0, 0.05) is 25.0 Å². The maximum atomic E-state index is 9.00. The standard InChI is InChI=1S/C12H22N2.C2H4O2/c13-10-2-6-11(7-3-10)4-1-5-12(8-11)9-14-12;1-2(3)4/h10,14H,1-9,13H2;1H3,(H,3,4). The molecular weight excluding hydrogens is 228 g/mol. The van der Waals surface area contributed by atoms with Crippen LogP contribution in [0.2, 0.25) is 0 Å². The molecule has 2 spiro atoms. The lowest BCUT2D eigenvalue weighted by Gasteiger charge is -2.45. The van der Waals surface area contributed by atoms with Gasteiger partial charge >= 0.3 is 0 Å². The first-order chi connectivity index (χ1) is 8.45. The maximum absolute atomic E-state index is 9.00. The Morgan fingerprint density at radius 1 is 1.28 bits per heavy atom. The van der Waals surface area contributed by atoms with Crippen molar-refractivity contribution in [3.63, 3.8) is 0 Å². The zero-order valence-electron chi connectivity index (χ0n) is 11.4. The summed E-state index contributed by atoms with van der Waals surface area (Å²) in [5.41, 5.74) is 7.28. The molecule has 3 aliphatic rings. The molecule has 0 bridgehead atoms. The van der Waals surface area contributed by atoms with E-state index in [9.17, 15) is 0 Å². The second-order valence-corrected chi connectivity index (χ2v) is 6.52. The highest BCUT2D eigenvalue weighted by atomic mass is 16.4. The second-order valence-electron chi connectivity index (χ2n) is 6.52. The molecule has 3 fully saturated rings. The summed E-state index contributed by atoms with van der Waals surface area (Å²) in [6, 6.07) is 0.505. The lowest BCUT2D eigenvalue weighted by molar-refractivity contribution is -0.134. The van der Waals surface area contributed by atoms with Gasteiger partial charge in [0.2, 0.25) is 0 Å². The number of aliphatic carboxylic acids is 1. The molecule has 1 atom stereocenters. The van der Waals surface area contributed by atoms with E-state index in [0.29, 0.717) is 17.0 Å². The maximum Gasteiger partial charge on any atom is 0.300 e. The van der Waals surface area contributed by atoms with Gasteiger partial charge in [-0.15, -0.1) is 0 Å². The summed E-state index contributed by atoms with van der Waals surface area (Å²) in [7, 11) is 0. The molecule has 18 heavy (non-hydrogen) atoms. The Balaban J connectivity index is 0.000000267. The van der Waals surface area contributed by atoms with E-state index in [-0.39, 0.29) is 0 Å². The number of hydrogen-bond donors (Lipinski definition) is 3. The number of carboxylic acid groups (broad SMARTS) is 1. The summed E-state index contributed by atoms with van der Waals surface area (Å²) in [6.45, 7) is 2.38. The molecule has 1 aliphatic heterocycles. The molecule has 0 aromatic heterocycles. The Bertz CT molecular complexity index is 301. The summed E-state index contributed by atoms with van der Waals surface area (Å²) in [5.74, 6) is -0.833. The molecule has 1 unspecified atom stereocenters. The molecule has 0 radical (unpaired) electrons. The van der Waals surface area contributed by atoms with Crippen molar-refractivity contribution in [1.82, 2.24) is 5.32 Å². The topological polar surface area (TPSA) is 85.3 Å². The van der Waals surface area contributed by atoms with Crippen LogP contribution in [0.4, 0.5) is 0 Å². The van der Waals surface area contributed by atoms with Crippen LogP contribution >= 0.6 is 0 Å². The van der Waals surface area contributed by atoms with E-state index in [2.05, 4.69) is 5.32 Å². The first-order valence-corrected chi connectivity index (χ1v) is 7.16. The van der Waals surface area contributed by atoms with Crippen LogP contribution in [0.5, 0.6) is 0 Å². The van der Waals surface area contributed by atoms with Crippen LogP contribution in [0, 0.1) is 5.41 Å². The van der Waals surface area contributed by atoms with Crippen molar-refractivity contribution in [2.45, 2.75) is 69.9 Å². The van der Waals surface area contributed by atoms with Crippen LogP contribution in [-0.4, -0.2) is 29.2 Å². The van der Waals surface area contributed by atoms with Gasteiger partial charge in [-0.2, -0.15) is 0 Å². The SMILES string of the molecule is CC(=O)O.NC1CCC2(CCCC3(CN3)C2)CC1. The summed E-state index contributed by atoms with van der Waals surface area (Å²) in [6.07, 6.45) is 11.2. The summed E-state index contributed by atoms with van der Waals surface area (Å²) in [4.78, 5) is 9.00. The number of hydrogen-bond acceptors (Lipinski definition) is 3. The Labute approximate surface area is 109 Å². The lowest BCUT2D eigenvalue weighted by atomic mass is 9.61. The van der Waals surface area contributed by atoms with Crippen molar-refractivity contribution in [1.29, 1.82) is 0 Å². The fourth-order valence-electron chi connectivity index (χ4n) is 3.80. The summed E-state index contributed by atoms with van der Waals surface area (Å²) >= 11 is 0. The van der Waals surface area contributed by atoms with Gasteiger partial charge in [-0.25, -0.2) is 0 Å². The van der Waals surface area contributed by atoms with Crippen molar-refractivity contribution in [2.24, 2.45) is 11.1 Å². The fraction of sp³-hybridized carbons (Fsp3) is 0.929. The van der Waals surface area contributed by atoms with Gasteiger partial charge in [0.1, 0.15) is 0 Å². The van der Waals surface area contributed by atoms with Crippen LogP contribution in [0.15, 0.2) is 0 Å². The number of nitrogens with two attached hydrogens (primary N) is 1. The van der Waals surface area contributed by atoms with Crippen molar-refractivity contribution >= 4 is 5.97 Å². The van der Waals surface area contributed by atoms with Gasteiger partial charge in [0.25, 0.3) is 5.97 Å². The molecule has 0 aromatic carbocycles. The third-order valence-corrected chi connectivity index (χ3v) is 4.84. The van der Waals surface area contributed by atoms with Gasteiger partial charge in [0.05, 0.1) is 0 Å². The normalized spacial score (nSPS) is 42.2. The van der Waals surface area contributed by atoms with E-state index in [1.165, 1.54) is 57.9 Å². The molecule has 0 aromatic rings. The summed E-state index contributed by atoms with van der Waals surface area (Å²) < 4.78 is 0. The van der Waals surface area contributed by atoms with Crippen LogP contribution in [0.3, 0.4) is 0 Å². The van der Waals surface area contributed by atoms with Crippen molar-refractivity contribution in [3.8, 4) is 0 Å². The van der Waals surface area contributed by atoms with Gasteiger partial charge < -0.3 is 16.2 Å². The van der Waals surface area contributed by atoms with E-state index in [1.807, 2.05) is 0 Å². The number of nitrogens with one attached hydrogen (secondary N) is 1. The lowest BCUT2D eigenvalue weighted by Crippen LogP contribution is -2.40. The van der Waals surface area contributed by atoms with Crippen molar-refractivity contribution in [2.75, 3.05) is 6.54 Å². The Hall–Kier alpha value is -0.610. The smallest absolute Gasteiger partial charge is 0.300 e. The molecule has 4 heteroatoms. The molecule has 3 rings (SSSR count). The quantitative estimate of drug-likeness (QED) is 0.576. The number of rotatable bonds is 0. The van der Waals surface area contributed by atoms with E-state index in [0.717, 1.165) is 6.92 Å². The molecule has 2 saturated carbocycles. The van der Waals surface area contributed by atoms with E-state index >= 15 is 0 Å². The summed E-state index contributed by atoms with van der Waals surface area (Å²) in [5, 5.41) is 11.0. The van der Waals surface area contributed by atoms with Crippen LogP contribution in [0.25, 0.3) is 0 Å². The predicted molar refractivity (Wildman–Crippen MR) is 71.4 cm³/mol. The van der Waals surface area contributed by atoms with Crippen LogP contribution in [0.1, 0.15) is 58.3 Å². The monoisotopic (exact) mass is 254 g/mol. The minimum atomic E-state index is -0.833. The Morgan fingerprint density at radius 3 is 2.33 bits per heavy atom. The predicted octanol–water partition coefficient (Wildman–Crippen LogP) is 1.88. The van der Waals surface area contributed by atoms with Crippen molar-refractivity contribution < 1.29 is 9.90 Å². The minimum Gasteiger partial charge on any atom is -0.481 e. The Kier molecular flexibility index (Phi) is 3.97. The van der Waals surface area contributed by atoms with Gasteiger partial charge in [-0.05, 0) is 50.4 Å². The van der Waals surface area contributed by atoms with Crippen molar-refractivity contribution in [3.05, 3.63) is 0 Å². The molecule has 1 saturated heterocycles. The first kappa shape index (κ1) is 13.8. The highest BCUT2D eigenvalue weighted by Crippen LogP contribution is 2.52. The van der Waals surface area contributed by atoms with E-state index < -0.39 is 5.97 Å². The molecule has 2 aliphatic carbocycles. The zero-order chi connectivity index (χ0) is 13.2. The largest absolute Gasteiger partial charge is 0.481 e. The Morgan fingerprint density at radius 2 is 1.83 bits per heavy atom. The molecule has 4 N–H and O–H groups in total. The van der Waals surface area contributed by atoms with Gasteiger partial charge in [-0.1, -0.05) is 6.42 Å². The number of carbonyl (C=O) groups is 1. The average Bonchev–Trinajstić information content (AvgIpc) is 3.02. The molecular formula is C14H26N2O2. The van der Waals surface area contributed by atoms with Crippen LogP contribution in [-0.2, 0) is 4.79 Å². The van der Waals surface area contributed by atoms with Gasteiger partial charge in [-0.3, -0.25) is 4.79 Å². The molecule has 0 amide bonds. The molecule has 4 nitrogen and oxygen atoms in total. The van der Waals surface area contributed by atoms with E-state index in [4.69, 9.17) is 15.6 Å². The highest BCUT2D eigenvalue weighted by Gasteiger charge is 2.51. The zero-order valence-corrected chi connectivity index (χ0v) is 11.4. The molecule has 104 valence electrons. The average molecular weight is 254 g/mol. The first-order valence-electron chi connectivity index (χ1n) is 7.16. The van der Waals surface area contributed by atoms with Gasteiger partial charge in [0.15, 0.2) is 0 Å². The number of carboxylic acids is 1.